The second-order valence-electron chi connectivity index (χ2n) is 3.53. The maximum Gasteiger partial charge on any atom is 0.121 e. The highest BCUT2D eigenvalue weighted by molar-refractivity contribution is 5.84. The summed E-state index contributed by atoms with van der Waals surface area (Å²) in [6, 6.07) is 6.24. The summed E-state index contributed by atoms with van der Waals surface area (Å²) in [5.41, 5.74) is 2.54. The number of hydrogen-bond acceptors (Lipinski definition) is 1. The number of nitrogens with zero attached hydrogens (tertiary/aromatic N) is 1. The van der Waals surface area contributed by atoms with Crippen LogP contribution in [0.1, 0.15) is 12.5 Å². The molecule has 0 aliphatic rings. The van der Waals surface area contributed by atoms with E-state index in [2.05, 4.69) is 36.9 Å². The maximum atomic E-state index is 5.46. The minimum atomic E-state index is 0.717. The second-order valence-corrected chi connectivity index (χ2v) is 3.53. The van der Waals surface area contributed by atoms with Crippen LogP contribution in [-0.2, 0) is 7.05 Å². The molecule has 2 rings (SSSR count). The molecular formula is C12H15NO. The van der Waals surface area contributed by atoms with E-state index in [0.717, 1.165) is 12.4 Å². The van der Waals surface area contributed by atoms with E-state index >= 15 is 0 Å². The van der Waals surface area contributed by atoms with Crippen molar-refractivity contribution in [2.45, 2.75) is 13.8 Å². The van der Waals surface area contributed by atoms with Crippen LogP contribution in [0.15, 0.2) is 24.4 Å². The van der Waals surface area contributed by atoms with Gasteiger partial charge in [0.15, 0.2) is 0 Å². The fourth-order valence-corrected chi connectivity index (χ4v) is 1.82. The van der Waals surface area contributed by atoms with Gasteiger partial charge in [-0.15, -0.1) is 0 Å². The molecule has 0 fully saturated rings. The molecule has 0 N–H and O–H groups in total. The molecule has 0 unspecified atom stereocenters. The Bertz CT molecular complexity index is 457. The Kier molecular flexibility index (Phi) is 2.20. The predicted molar refractivity (Wildman–Crippen MR) is 58.8 cm³/mol. The topological polar surface area (TPSA) is 14.2 Å². The monoisotopic (exact) mass is 189 g/mol. The SMILES string of the molecule is CCOc1ccc2c(C)cn(C)c2c1. The molecule has 2 aromatic rings. The quantitative estimate of drug-likeness (QED) is 0.708. The minimum absolute atomic E-state index is 0.717. The van der Waals surface area contributed by atoms with Gasteiger partial charge in [-0.25, -0.2) is 0 Å². The average molecular weight is 189 g/mol. The van der Waals surface area contributed by atoms with Crippen LogP contribution in [0.3, 0.4) is 0 Å². The highest BCUT2D eigenvalue weighted by Gasteiger charge is 2.03. The summed E-state index contributed by atoms with van der Waals surface area (Å²) in [5.74, 6) is 0.946. The third-order valence-corrected chi connectivity index (χ3v) is 2.47. The summed E-state index contributed by atoms with van der Waals surface area (Å²) in [6.07, 6.45) is 2.14. The highest BCUT2D eigenvalue weighted by atomic mass is 16.5. The molecule has 0 spiro atoms. The summed E-state index contributed by atoms with van der Waals surface area (Å²) < 4.78 is 7.60. The molecule has 0 radical (unpaired) electrons. The Morgan fingerprint density at radius 2 is 2.14 bits per heavy atom. The van der Waals surface area contributed by atoms with Crippen molar-refractivity contribution in [3.05, 3.63) is 30.0 Å². The van der Waals surface area contributed by atoms with Crippen LogP contribution in [0.5, 0.6) is 5.75 Å². The van der Waals surface area contributed by atoms with Gasteiger partial charge >= 0.3 is 0 Å². The molecule has 14 heavy (non-hydrogen) atoms. The number of ether oxygens (including phenoxy) is 1. The molecule has 0 bridgehead atoms. The van der Waals surface area contributed by atoms with Crippen LogP contribution < -0.4 is 4.74 Å². The number of aromatic nitrogens is 1. The molecule has 0 aliphatic heterocycles. The lowest BCUT2D eigenvalue weighted by Crippen LogP contribution is -1.91. The summed E-state index contributed by atoms with van der Waals surface area (Å²) in [6.45, 7) is 4.85. The Hall–Kier alpha value is -1.44. The molecule has 0 saturated carbocycles. The van der Waals surface area contributed by atoms with Crippen molar-refractivity contribution >= 4 is 10.9 Å². The smallest absolute Gasteiger partial charge is 0.121 e. The highest BCUT2D eigenvalue weighted by Crippen LogP contribution is 2.24. The van der Waals surface area contributed by atoms with Crippen LogP contribution in [0.2, 0.25) is 0 Å². The van der Waals surface area contributed by atoms with E-state index in [0.29, 0.717) is 0 Å². The first-order valence-electron chi connectivity index (χ1n) is 4.91. The number of rotatable bonds is 2. The molecule has 0 atom stereocenters. The van der Waals surface area contributed by atoms with Crippen LogP contribution in [-0.4, -0.2) is 11.2 Å². The van der Waals surface area contributed by atoms with Crippen LogP contribution in [0.25, 0.3) is 10.9 Å². The van der Waals surface area contributed by atoms with E-state index in [1.807, 2.05) is 13.0 Å². The Balaban J connectivity index is 2.59. The maximum absolute atomic E-state index is 5.46. The van der Waals surface area contributed by atoms with Gasteiger partial charge in [0, 0.05) is 24.7 Å². The van der Waals surface area contributed by atoms with Gasteiger partial charge in [0.25, 0.3) is 0 Å². The zero-order chi connectivity index (χ0) is 10.1. The van der Waals surface area contributed by atoms with Gasteiger partial charge in [0.2, 0.25) is 0 Å². The lowest BCUT2D eigenvalue weighted by Gasteiger charge is -2.03. The van der Waals surface area contributed by atoms with Gasteiger partial charge in [-0.3, -0.25) is 0 Å². The molecule has 1 aromatic heterocycles. The summed E-state index contributed by atoms with van der Waals surface area (Å²) in [7, 11) is 2.06. The van der Waals surface area contributed by atoms with Gasteiger partial charge in [-0.05, 0) is 31.5 Å². The van der Waals surface area contributed by atoms with E-state index in [-0.39, 0.29) is 0 Å². The molecule has 2 heteroatoms. The van der Waals surface area contributed by atoms with Crippen molar-refractivity contribution in [1.29, 1.82) is 0 Å². The van der Waals surface area contributed by atoms with Crippen molar-refractivity contribution in [2.75, 3.05) is 6.61 Å². The zero-order valence-corrected chi connectivity index (χ0v) is 8.87. The van der Waals surface area contributed by atoms with Crippen molar-refractivity contribution in [1.82, 2.24) is 4.57 Å². The normalized spacial score (nSPS) is 10.8. The van der Waals surface area contributed by atoms with Crippen LogP contribution in [0, 0.1) is 6.92 Å². The fourth-order valence-electron chi connectivity index (χ4n) is 1.82. The molecule has 2 nitrogen and oxygen atoms in total. The molecule has 0 amide bonds. The molecule has 0 saturated heterocycles. The van der Waals surface area contributed by atoms with Gasteiger partial charge in [-0.2, -0.15) is 0 Å². The predicted octanol–water partition coefficient (Wildman–Crippen LogP) is 2.89. The molecular weight excluding hydrogens is 174 g/mol. The van der Waals surface area contributed by atoms with Crippen molar-refractivity contribution in [3.8, 4) is 5.75 Å². The number of fused-ring (bicyclic) bond motifs is 1. The third kappa shape index (κ3) is 1.37. The molecule has 1 aromatic carbocycles. The van der Waals surface area contributed by atoms with E-state index in [9.17, 15) is 0 Å². The Labute approximate surface area is 84.1 Å². The van der Waals surface area contributed by atoms with Gasteiger partial charge in [0.05, 0.1) is 12.1 Å². The van der Waals surface area contributed by atoms with E-state index in [4.69, 9.17) is 4.74 Å². The first-order chi connectivity index (χ1) is 6.72. The minimum Gasteiger partial charge on any atom is -0.494 e. The number of hydrogen-bond donors (Lipinski definition) is 0. The lowest BCUT2D eigenvalue weighted by atomic mass is 10.2. The first-order valence-corrected chi connectivity index (χ1v) is 4.91. The summed E-state index contributed by atoms with van der Waals surface area (Å²) in [5, 5.41) is 1.30. The first kappa shape index (κ1) is 9.13. The third-order valence-electron chi connectivity index (χ3n) is 2.47. The fraction of sp³-hybridized carbons (Fsp3) is 0.333. The van der Waals surface area contributed by atoms with Gasteiger partial charge in [-0.1, -0.05) is 0 Å². The molecule has 0 aliphatic carbocycles. The van der Waals surface area contributed by atoms with Gasteiger partial charge < -0.3 is 9.30 Å². The Morgan fingerprint density at radius 3 is 2.86 bits per heavy atom. The number of aryl methyl sites for hydroxylation is 2. The van der Waals surface area contributed by atoms with Crippen LogP contribution >= 0.6 is 0 Å². The summed E-state index contributed by atoms with van der Waals surface area (Å²) >= 11 is 0. The van der Waals surface area contributed by atoms with Crippen molar-refractivity contribution < 1.29 is 4.74 Å². The lowest BCUT2D eigenvalue weighted by molar-refractivity contribution is 0.340. The van der Waals surface area contributed by atoms with E-state index < -0.39 is 0 Å². The van der Waals surface area contributed by atoms with Gasteiger partial charge in [0.1, 0.15) is 5.75 Å². The van der Waals surface area contributed by atoms with E-state index in [1.165, 1.54) is 16.5 Å². The van der Waals surface area contributed by atoms with Crippen LogP contribution in [0.4, 0.5) is 0 Å². The van der Waals surface area contributed by atoms with E-state index in [1.54, 1.807) is 0 Å². The largest absolute Gasteiger partial charge is 0.494 e. The second kappa shape index (κ2) is 3.37. The zero-order valence-electron chi connectivity index (χ0n) is 8.87. The molecule has 74 valence electrons. The van der Waals surface area contributed by atoms with Crippen molar-refractivity contribution in [2.24, 2.45) is 7.05 Å². The molecule has 1 heterocycles. The number of benzene rings is 1. The average Bonchev–Trinajstić information content (AvgIpc) is 2.43. The van der Waals surface area contributed by atoms with Crippen molar-refractivity contribution in [3.63, 3.8) is 0 Å². The Morgan fingerprint density at radius 1 is 1.36 bits per heavy atom. The standard InChI is InChI=1S/C12H15NO/c1-4-14-10-5-6-11-9(2)8-13(3)12(11)7-10/h5-8H,4H2,1-3H3. The summed E-state index contributed by atoms with van der Waals surface area (Å²) in [4.78, 5) is 0.